The van der Waals surface area contributed by atoms with Crippen molar-refractivity contribution in [2.45, 2.75) is 6.54 Å². The van der Waals surface area contributed by atoms with Gasteiger partial charge >= 0.3 is 0 Å². The molecule has 2 aromatic carbocycles. The van der Waals surface area contributed by atoms with E-state index in [1.165, 1.54) is 38.7 Å². The molecular weight excluding hydrogens is 444 g/mol. The number of amides is 1. The lowest BCUT2D eigenvalue weighted by molar-refractivity contribution is -0.113. The first-order chi connectivity index (χ1) is 16.0. The van der Waals surface area contributed by atoms with Gasteiger partial charge in [0.2, 0.25) is 5.75 Å². The van der Waals surface area contributed by atoms with E-state index in [9.17, 15) is 4.79 Å². The van der Waals surface area contributed by atoms with Crippen LogP contribution in [-0.2, 0) is 11.3 Å². The van der Waals surface area contributed by atoms with Crippen LogP contribution in [-0.4, -0.2) is 46.0 Å². The van der Waals surface area contributed by atoms with Crippen molar-refractivity contribution in [3.8, 4) is 28.7 Å². The monoisotopic (exact) mass is 470 g/mol. The van der Waals surface area contributed by atoms with Crippen molar-refractivity contribution in [2.75, 3.05) is 35.5 Å². The molecule has 0 aliphatic carbocycles. The Morgan fingerprint density at radius 2 is 1.55 bits per heavy atom. The molecule has 0 saturated heterocycles. The van der Waals surface area contributed by atoms with Crippen LogP contribution in [0.15, 0.2) is 48.0 Å². The first kappa shape index (κ1) is 23.9. The summed E-state index contributed by atoms with van der Waals surface area (Å²) >= 11 is 1.38. The number of methoxy groups -OCH3 is 5. The van der Waals surface area contributed by atoms with Gasteiger partial charge in [-0.25, -0.2) is 0 Å². The molecule has 0 aliphatic rings. The number of carbonyl (C=O) groups is 1. The Kier molecular flexibility index (Phi) is 7.78. The van der Waals surface area contributed by atoms with E-state index < -0.39 is 5.91 Å². The number of fused-ring (bicyclic) bond motifs is 1. The minimum atomic E-state index is -0.410. The largest absolute Gasteiger partial charge is 0.493 e. The molecule has 3 rings (SSSR count). The minimum absolute atomic E-state index is 0.410. The van der Waals surface area contributed by atoms with E-state index in [4.69, 9.17) is 23.7 Å². The summed E-state index contributed by atoms with van der Waals surface area (Å²) in [4.78, 5) is 17.5. The maximum atomic E-state index is 12.7. The summed E-state index contributed by atoms with van der Waals surface area (Å²) in [5.41, 5.74) is 1.58. The fourth-order valence-electron chi connectivity index (χ4n) is 3.28. The first-order valence-corrected chi connectivity index (χ1v) is 10.7. The highest BCUT2D eigenvalue weighted by Crippen LogP contribution is 2.38. The zero-order valence-corrected chi connectivity index (χ0v) is 20.0. The number of rotatable bonds is 9. The summed E-state index contributed by atoms with van der Waals surface area (Å²) in [5, 5.41) is 0. The number of benzene rings is 2. The molecule has 0 fully saturated rings. The summed E-state index contributed by atoms with van der Waals surface area (Å²) in [7, 11) is 7.77. The molecule has 0 aliphatic heterocycles. The van der Waals surface area contributed by atoms with Crippen molar-refractivity contribution in [1.29, 1.82) is 0 Å². The normalized spacial score (nSPS) is 11.6. The highest BCUT2D eigenvalue weighted by Gasteiger charge is 2.14. The van der Waals surface area contributed by atoms with Crippen molar-refractivity contribution in [1.82, 2.24) is 4.57 Å². The molecule has 0 unspecified atom stereocenters. The molecule has 33 heavy (non-hydrogen) atoms. The van der Waals surface area contributed by atoms with Crippen LogP contribution in [0.2, 0.25) is 0 Å². The quantitative estimate of drug-likeness (QED) is 0.346. The molecule has 0 bridgehead atoms. The molecule has 0 spiro atoms. The SMILES string of the molecule is C=CCn1c(=NC(=O)/C=C/c2cc(OC)c(OC)c(OC)c2)sc2cc(OC)c(OC)cc21. The standard InChI is InChI=1S/C24H26N2O6S/c1-7-10-26-16-13-17(28-2)18(29-3)14-21(16)33-24(26)25-22(27)9-8-15-11-19(30-4)23(32-6)20(12-15)31-5/h7-9,11-14H,1,10H2,2-6H3/b9-8+,25-24?. The molecule has 3 aromatic rings. The van der Waals surface area contributed by atoms with Gasteiger partial charge in [-0.3, -0.25) is 4.79 Å². The van der Waals surface area contributed by atoms with E-state index in [-0.39, 0.29) is 0 Å². The van der Waals surface area contributed by atoms with Gasteiger partial charge in [0, 0.05) is 24.8 Å². The number of hydrogen-bond donors (Lipinski definition) is 0. The van der Waals surface area contributed by atoms with E-state index in [1.807, 2.05) is 16.7 Å². The zero-order chi connectivity index (χ0) is 24.0. The second-order valence-corrected chi connectivity index (χ2v) is 7.71. The van der Waals surface area contributed by atoms with E-state index >= 15 is 0 Å². The molecule has 8 nitrogen and oxygen atoms in total. The van der Waals surface area contributed by atoms with E-state index in [1.54, 1.807) is 38.5 Å². The fourth-order valence-corrected chi connectivity index (χ4v) is 4.34. The maximum Gasteiger partial charge on any atom is 0.272 e. The number of allylic oxidation sites excluding steroid dienone is 1. The van der Waals surface area contributed by atoms with Crippen molar-refractivity contribution >= 4 is 33.5 Å². The Bertz CT molecular complexity index is 1250. The van der Waals surface area contributed by atoms with Crippen LogP contribution in [0, 0.1) is 0 Å². The number of ether oxygens (including phenoxy) is 5. The van der Waals surface area contributed by atoms with Crippen molar-refractivity contribution in [3.05, 3.63) is 53.4 Å². The zero-order valence-electron chi connectivity index (χ0n) is 19.2. The van der Waals surface area contributed by atoms with Gasteiger partial charge in [-0.15, -0.1) is 6.58 Å². The predicted molar refractivity (Wildman–Crippen MR) is 129 cm³/mol. The van der Waals surface area contributed by atoms with E-state index in [0.717, 1.165) is 10.2 Å². The second-order valence-electron chi connectivity index (χ2n) is 6.70. The van der Waals surface area contributed by atoms with Crippen LogP contribution in [0.4, 0.5) is 0 Å². The topological polar surface area (TPSA) is 80.5 Å². The van der Waals surface area contributed by atoms with Gasteiger partial charge in [0.1, 0.15) is 0 Å². The Morgan fingerprint density at radius 3 is 2.09 bits per heavy atom. The molecule has 1 amide bonds. The molecular formula is C24H26N2O6S. The smallest absolute Gasteiger partial charge is 0.272 e. The Hall–Kier alpha value is -3.72. The van der Waals surface area contributed by atoms with Gasteiger partial charge in [-0.05, 0) is 23.8 Å². The minimum Gasteiger partial charge on any atom is -0.493 e. The Balaban J connectivity index is 2.02. The average Bonchev–Trinajstić information content (AvgIpc) is 3.16. The fraction of sp³-hybridized carbons (Fsp3) is 0.250. The third-order valence-corrected chi connectivity index (χ3v) is 5.85. The summed E-state index contributed by atoms with van der Waals surface area (Å²) in [5.74, 6) is 2.27. The lowest BCUT2D eigenvalue weighted by Crippen LogP contribution is -2.15. The third kappa shape index (κ3) is 5.04. The van der Waals surface area contributed by atoms with Crippen LogP contribution in [0.1, 0.15) is 5.56 Å². The number of nitrogens with zero attached hydrogens (tertiary/aromatic N) is 2. The van der Waals surface area contributed by atoms with Crippen LogP contribution in [0.5, 0.6) is 28.7 Å². The van der Waals surface area contributed by atoms with Gasteiger partial charge < -0.3 is 28.3 Å². The van der Waals surface area contributed by atoms with Crippen LogP contribution in [0.3, 0.4) is 0 Å². The van der Waals surface area contributed by atoms with Gasteiger partial charge in [0.05, 0.1) is 45.8 Å². The van der Waals surface area contributed by atoms with Crippen LogP contribution < -0.4 is 28.5 Å². The molecule has 0 atom stereocenters. The summed E-state index contributed by atoms with van der Waals surface area (Å²) in [6.45, 7) is 4.30. The van der Waals surface area contributed by atoms with Gasteiger partial charge in [0.25, 0.3) is 5.91 Å². The number of hydrogen-bond acceptors (Lipinski definition) is 7. The molecule has 0 saturated carbocycles. The lowest BCUT2D eigenvalue weighted by Gasteiger charge is -2.12. The van der Waals surface area contributed by atoms with Gasteiger partial charge in [-0.2, -0.15) is 4.99 Å². The molecule has 1 heterocycles. The maximum absolute atomic E-state index is 12.7. The predicted octanol–water partition coefficient (Wildman–Crippen LogP) is 4.07. The summed E-state index contributed by atoms with van der Waals surface area (Å²) in [6.07, 6.45) is 4.79. The van der Waals surface area contributed by atoms with E-state index in [0.29, 0.717) is 45.7 Å². The third-order valence-electron chi connectivity index (χ3n) is 4.81. The number of aromatic nitrogens is 1. The van der Waals surface area contributed by atoms with E-state index in [2.05, 4.69) is 11.6 Å². The van der Waals surface area contributed by atoms with Crippen molar-refractivity contribution in [2.24, 2.45) is 4.99 Å². The van der Waals surface area contributed by atoms with Crippen molar-refractivity contribution in [3.63, 3.8) is 0 Å². The average molecular weight is 471 g/mol. The lowest BCUT2D eigenvalue weighted by atomic mass is 10.1. The summed E-state index contributed by atoms with van der Waals surface area (Å²) < 4.78 is 29.7. The first-order valence-electron chi connectivity index (χ1n) is 9.92. The Morgan fingerprint density at radius 1 is 0.939 bits per heavy atom. The van der Waals surface area contributed by atoms with Gasteiger partial charge in [-0.1, -0.05) is 17.4 Å². The van der Waals surface area contributed by atoms with Crippen molar-refractivity contribution < 1.29 is 28.5 Å². The Labute approximate surface area is 195 Å². The second kappa shape index (κ2) is 10.7. The highest BCUT2D eigenvalue weighted by molar-refractivity contribution is 7.16. The van der Waals surface area contributed by atoms with Crippen LogP contribution in [0.25, 0.3) is 16.3 Å². The molecule has 174 valence electrons. The molecule has 0 N–H and O–H groups in total. The molecule has 1 aromatic heterocycles. The molecule has 0 radical (unpaired) electrons. The van der Waals surface area contributed by atoms with Gasteiger partial charge in [0.15, 0.2) is 27.8 Å². The highest BCUT2D eigenvalue weighted by atomic mass is 32.1. The number of carbonyl (C=O) groups excluding carboxylic acids is 1. The summed E-state index contributed by atoms with van der Waals surface area (Å²) in [6, 6.07) is 7.24. The number of thiazole rings is 1. The van der Waals surface area contributed by atoms with Crippen LogP contribution >= 0.6 is 11.3 Å². The molecule has 9 heteroatoms.